The van der Waals surface area contributed by atoms with Gasteiger partial charge in [-0.3, -0.25) is 0 Å². The van der Waals surface area contributed by atoms with E-state index >= 15 is 0 Å². The Morgan fingerprint density at radius 2 is 2.11 bits per heavy atom. The molecule has 0 aromatic heterocycles. The Kier molecular flexibility index (Phi) is 4.19. The van der Waals surface area contributed by atoms with Gasteiger partial charge in [-0.05, 0) is 19.8 Å². The minimum absolute atomic E-state index is 0. The number of piperidine rings is 1. The van der Waals surface area contributed by atoms with E-state index in [2.05, 4.69) is 12.2 Å². The molecule has 0 aromatic carbocycles. The van der Waals surface area contributed by atoms with E-state index in [1.807, 2.05) is 0 Å². The summed E-state index contributed by atoms with van der Waals surface area (Å²) in [6.07, 6.45) is 1.99. The van der Waals surface area contributed by atoms with Gasteiger partial charge in [0.15, 0.2) is 0 Å². The lowest BCUT2D eigenvalue weighted by molar-refractivity contribution is 0.129. The van der Waals surface area contributed by atoms with E-state index in [1.165, 1.54) is 0 Å². The number of hydrogen-bond donors (Lipinski definition) is 2. The van der Waals surface area contributed by atoms with Crippen LogP contribution in [0.5, 0.6) is 0 Å². The largest absolute Gasteiger partial charge is 0.392 e. The Hall–Kier alpha value is 0.210. The second kappa shape index (κ2) is 4.09. The second-order valence-corrected chi connectivity index (χ2v) is 2.54. The first-order valence-corrected chi connectivity index (χ1v) is 3.20. The highest BCUT2D eigenvalue weighted by Gasteiger charge is 2.13. The maximum absolute atomic E-state index is 8.96. The van der Waals surface area contributed by atoms with E-state index in [-0.39, 0.29) is 18.5 Å². The molecular weight excluding hydrogens is 138 g/mol. The number of halogens is 1. The molecule has 1 rings (SSSR count). The van der Waals surface area contributed by atoms with Crippen LogP contribution < -0.4 is 5.32 Å². The molecule has 0 bridgehead atoms. The lowest BCUT2D eigenvalue weighted by Crippen LogP contribution is -2.39. The van der Waals surface area contributed by atoms with Crippen molar-refractivity contribution in [3.05, 3.63) is 0 Å². The zero-order valence-electron chi connectivity index (χ0n) is 5.63. The normalized spacial score (nSPS) is 35.3. The fourth-order valence-electron chi connectivity index (χ4n) is 0.984. The molecule has 2 N–H and O–H groups in total. The van der Waals surface area contributed by atoms with Crippen molar-refractivity contribution in [2.75, 3.05) is 6.54 Å². The van der Waals surface area contributed by atoms with Crippen LogP contribution in [0, 0.1) is 0 Å². The van der Waals surface area contributed by atoms with Crippen molar-refractivity contribution in [1.82, 2.24) is 5.32 Å². The van der Waals surface area contributed by atoms with Crippen LogP contribution in [0.25, 0.3) is 0 Å². The minimum atomic E-state index is -0.0915. The van der Waals surface area contributed by atoms with Crippen LogP contribution in [-0.2, 0) is 0 Å². The molecule has 1 aliphatic rings. The van der Waals surface area contributed by atoms with Crippen LogP contribution in [-0.4, -0.2) is 23.8 Å². The first-order valence-electron chi connectivity index (χ1n) is 3.20. The van der Waals surface area contributed by atoms with Gasteiger partial charge < -0.3 is 10.4 Å². The molecular formula is C6H14ClNO. The van der Waals surface area contributed by atoms with Crippen LogP contribution in [0.15, 0.2) is 0 Å². The third-order valence-corrected chi connectivity index (χ3v) is 1.63. The summed E-state index contributed by atoms with van der Waals surface area (Å²) in [6.45, 7) is 2.92. The van der Waals surface area contributed by atoms with Crippen LogP contribution >= 0.6 is 12.4 Å². The smallest absolute Gasteiger partial charge is 0.0665 e. The lowest BCUT2D eigenvalue weighted by Gasteiger charge is -2.23. The topological polar surface area (TPSA) is 32.3 Å². The summed E-state index contributed by atoms with van der Waals surface area (Å²) in [5, 5.41) is 12.1. The first-order chi connectivity index (χ1) is 3.79. The SMILES string of the molecule is CC1CCC(O)CN1.Cl. The molecule has 0 radical (unpaired) electrons. The van der Waals surface area contributed by atoms with Crippen LogP contribution in [0.2, 0.25) is 0 Å². The van der Waals surface area contributed by atoms with Gasteiger partial charge in [-0.25, -0.2) is 0 Å². The molecule has 3 heteroatoms. The standard InChI is InChI=1S/C6H13NO.ClH/c1-5-2-3-6(8)4-7-5;/h5-8H,2-4H2,1H3;1H. The first kappa shape index (κ1) is 9.21. The second-order valence-electron chi connectivity index (χ2n) is 2.54. The fourth-order valence-corrected chi connectivity index (χ4v) is 0.984. The van der Waals surface area contributed by atoms with Gasteiger partial charge in [-0.15, -0.1) is 12.4 Å². The average Bonchev–Trinajstić information content (AvgIpc) is 1.77. The molecule has 9 heavy (non-hydrogen) atoms. The van der Waals surface area contributed by atoms with Crippen molar-refractivity contribution in [1.29, 1.82) is 0 Å². The van der Waals surface area contributed by atoms with Crippen LogP contribution in [0.4, 0.5) is 0 Å². The number of nitrogens with one attached hydrogen (secondary N) is 1. The van der Waals surface area contributed by atoms with Gasteiger partial charge in [0.2, 0.25) is 0 Å². The maximum atomic E-state index is 8.96. The number of β-amino-alcohol motifs (C(OH)–C–C–N with tert-alkyl or cyclic N) is 1. The van der Waals surface area contributed by atoms with Crippen LogP contribution in [0.1, 0.15) is 19.8 Å². The quantitative estimate of drug-likeness (QED) is 0.530. The fraction of sp³-hybridized carbons (Fsp3) is 1.00. The van der Waals surface area contributed by atoms with Crippen molar-refractivity contribution < 1.29 is 5.11 Å². The number of aliphatic hydroxyl groups excluding tert-OH is 1. The van der Waals surface area contributed by atoms with Gasteiger partial charge in [0, 0.05) is 12.6 Å². The van der Waals surface area contributed by atoms with E-state index < -0.39 is 0 Å². The molecule has 2 atom stereocenters. The summed E-state index contributed by atoms with van der Waals surface area (Å²) in [6, 6.07) is 0.610. The zero-order valence-corrected chi connectivity index (χ0v) is 6.45. The molecule has 0 aliphatic carbocycles. The predicted molar refractivity (Wildman–Crippen MR) is 40.0 cm³/mol. The van der Waals surface area contributed by atoms with Crippen molar-refractivity contribution in [2.45, 2.75) is 31.9 Å². The summed E-state index contributed by atoms with van der Waals surface area (Å²) in [4.78, 5) is 0. The number of rotatable bonds is 0. The Labute approximate surface area is 62.1 Å². The zero-order chi connectivity index (χ0) is 5.98. The van der Waals surface area contributed by atoms with Crippen molar-refractivity contribution in [3.63, 3.8) is 0 Å². The number of hydrogen-bond acceptors (Lipinski definition) is 2. The molecule has 0 amide bonds. The highest BCUT2D eigenvalue weighted by Crippen LogP contribution is 2.05. The molecule has 1 aliphatic heterocycles. The molecule has 2 nitrogen and oxygen atoms in total. The van der Waals surface area contributed by atoms with E-state index in [4.69, 9.17) is 5.11 Å². The Bertz CT molecular complexity index is 61.5. The maximum Gasteiger partial charge on any atom is 0.0665 e. The van der Waals surface area contributed by atoms with Crippen molar-refractivity contribution in [3.8, 4) is 0 Å². The van der Waals surface area contributed by atoms with Gasteiger partial charge in [0.05, 0.1) is 6.10 Å². The predicted octanol–water partition coefficient (Wildman–Crippen LogP) is 0.541. The summed E-state index contributed by atoms with van der Waals surface area (Å²) < 4.78 is 0. The van der Waals surface area contributed by atoms with Gasteiger partial charge in [-0.1, -0.05) is 0 Å². The highest BCUT2D eigenvalue weighted by molar-refractivity contribution is 5.85. The summed E-state index contributed by atoms with van der Waals surface area (Å²) in [7, 11) is 0. The molecule has 2 unspecified atom stereocenters. The third kappa shape index (κ3) is 3.04. The molecule has 1 saturated heterocycles. The van der Waals surface area contributed by atoms with Crippen molar-refractivity contribution in [2.24, 2.45) is 0 Å². The lowest BCUT2D eigenvalue weighted by atomic mass is 10.0. The van der Waals surface area contributed by atoms with E-state index in [9.17, 15) is 0 Å². The van der Waals surface area contributed by atoms with E-state index in [0.717, 1.165) is 19.4 Å². The summed E-state index contributed by atoms with van der Waals surface area (Å²) in [5.41, 5.74) is 0. The monoisotopic (exact) mass is 151 g/mol. The minimum Gasteiger partial charge on any atom is -0.392 e. The summed E-state index contributed by atoms with van der Waals surface area (Å²) >= 11 is 0. The highest BCUT2D eigenvalue weighted by atomic mass is 35.5. The molecule has 1 fully saturated rings. The van der Waals surface area contributed by atoms with E-state index in [0.29, 0.717) is 6.04 Å². The van der Waals surface area contributed by atoms with Crippen LogP contribution in [0.3, 0.4) is 0 Å². The molecule has 1 heterocycles. The van der Waals surface area contributed by atoms with Crippen molar-refractivity contribution >= 4 is 12.4 Å². The molecule has 0 aromatic rings. The van der Waals surface area contributed by atoms with Gasteiger partial charge in [0.25, 0.3) is 0 Å². The van der Waals surface area contributed by atoms with Gasteiger partial charge in [-0.2, -0.15) is 0 Å². The third-order valence-electron chi connectivity index (χ3n) is 1.63. The molecule has 0 saturated carbocycles. The average molecular weight is 152 g/mol. The van der Waals surface area contributed by atoms with E-state index in [1.54, 1.807) is 0 Å². The Balaban J connectivity index is 0.000000640. The molecule has 56 valence electrons. The van der Waals surface area contributed by atoms with Gasteiger partial charge >= 0.3 is 0 Å². The van der Waals surface area contributed by atoms with Gasteiger partial charge in [0.1, 0.15) is 0 Å². The summed E-state index contributed by atoms with van der Waals surface area (Å²) in [5.74, 6) is 0. The Morgan fingerprint density at radius 1 is 1.44 bits per heavy atom. The number of aliphatic hydroxyl groups is 1. The molecule has 0 spiro atoms. The Morgan fingerprint density at radius 3 is 2.44 bits per heavy atom.